The molecule has 158 valence electrons. The van der Waals surface area contributed by atoms with Crippen LogP contribution in [0.3, 0.4) is 0 Å². The predicted octanol–water partition coefficient (Wildman–Crippen LogP) is 4.21. The Morgan fingerprint density at radius 3 is 2.55 bits per heavy atom. The molecule has 1 aliphatic rings. The van der Waals surface area contributed by atoms with Gasteiger partial charge in [-0.2, -0.15) is 10.1 Å². The molecule has 4 aromatic rings. The van der Waals surface area contributed by atoms with E-state index in [0.29, 0.717) is 40.0 Å². The summed E-state index contributed by atoms with van der Waals surface area (Å²) in [6.07, 6.45) is 3.26. The van der Waals surface area contributed by atoms with Crippen LogP contribution in [-0.2, 0) is 13.5 Å². The first-order valence-electron chi connectivity index (χ1n) is 10.6. The van der Waals surface area contributed by atoms with Gasteiger partial charge in [-0.05, 0) is 42.9 Å². The molecule has 1 saturated heterocycles. The van der Waals surface area contributed by atoms with Crippen molar-refractivity contribution in [3.05, 3.63) is 66.0 Å². The van der Waals surface area contributed by atoms with Gasteiger partial charge in [0.2, 0.25) is 5.95 Å². The van der Waals surface area contributed by atoms with Gasteiger partial charge >= 0.3 is 0 Å². The van der Waals surface area contributed by atoms with Gasteiger partial charge in [-0.3, -0.25) is 4.68 Å². The summed E-state index contributed by atoms with van der Waals surface area (Å²) in [7, 11) is 1.78. The highest BCUT2D eigenvalue weighted by Gasteiger charge is 2.24. The van der Waals surface area contributed by atoms with Crippen molar-refractivity contribution >= 4 is 22.8 Å². The highest BCUT2D eigenvalue weighted by molar-refractivity contribution is 5.98. The Labute approximate surface area is 180 Å². The molecule has 2 N–H and O–H groups in total. The minimum absolute atomic E-state index is 0.310. The molecule has 1 fully saturated rings. The zero-order valence-corrected chi connectivity index (χ0v) is 17.5. The van der Waals surface area contributed by atoms with Gasteiger partial charge in [0.25, 0.3) is 0 Å². The molecule has 5 rings (SSSR count). The van der Waals surface area contributed by atoms with E-state index in [9.17, 15) is 4.39 Å². The second-order valence-corrected chi connectivity index (χ2v) is 8.21. The van der Waals surface area contributed by atoms with Gasteiger partial charge in [0.05, 0.1) is 11.1 Å². The SMILES string of the molecule is Cn1nc2nc(N3CCC(Cc4ccccc4)CC3)nc(-c3cccc(F)c3)c2c1N. The minimum atomic E-state index is -0.310. The summed E-state index contributed by atoms with van der Waals surface area (Å²) in [5.41, 5.74) is 9.47. The third-order valence-electron chi connectivity index (χ3n) is 6.09. The van der Waals surface area contributed by atoms with E-state index in [0.717, 1.165) is 32.4 Å². The molecule has 0 spiro atoms. The lowest BCUT2D eigenvalue weighted by molar-refractivity contribution is 0.401. The lowest BCUT2D eigenvalue weighted by Crippen LogP contribution is -2.35. The van der Waals surface area contributed by atoms with Crippen molar-refractivity contribution in [2.24, 2.45) is 13.0 Å². The maximum absolute atomic E-state index is 13.9. The van der Waals surface area contributed by atoms with E-state index in [4.69, 9.17) is 15.7 Å². The molecule has 0 saturated carbocycles. The van der Waals surface area contributed by atoms with Crippen molar-refractivity contribution < 1.29 is 4.39 Å². The predicted molar refractivity (Wildman–Crippen MR) is 121 cm³/mol. The highest BCUT2D eigenvalue weighted by Crippen LogP contribution is 2.33. The molecule has 0 amide bonds. The lowest BCUT2D eigenvalue weighted by Gasteiger charge is -2.32. The topological polar surface area (TPSA) is 72.9 Å². The number of fused-ring (bicyclic) bond motifs is 1. The van der Waals surface area contributed by atoms with Crippen molar-refractivity contribution in [3.8, 4) is 11.3 Å². The summed E-state index contributed by atoms with van der Waals surface area (Å²) in [5, 5.41) is 5.13. The largest absolute Gasteiger partial charge is 0.383 e. The summed E-state index contributed by atoms with van der Waals surface area (Å²) < 4.78 is 15.5. The molecule has 31 heavy (non-hydrogen) atoms. The molecule has 3 heterocycles. The summed E-state index contributed by atoms with van der Waals surface area (Å²) in [5.74, 6) is 1.44. The lowest BCUT2D eigenvalue weighted by atomic mass is 9.90. The highest BCUT2D eigenvalue weighted by atomic mass is 19.1. The first-order chi connectivity index (χ1) is 15.1. The summed E-state index contributed by atoms with van der Waals surface area (Å²) >= 11 is 0. The van der Waals surface area contributed by atoms with Crippen LogP contribution in [0, 0.1) is 11.7 Å². The maximum atomic E-state index is 13.9. The van der Waals surface area contributed by atoms with Crippen molar-refractivity contribution in [2.45, 2.75) is 19.3 Å². The van der Waals surface area contributed by atoms with Crippen LogP contribution < -0.4 is 10.6 Å². The van der Waals surface area contributed by atoms with E-state index in [2.05, 4.69) is 40.3 Å². The normalized spacial score (nSPS) is 15.0. The number of nitrogens with two attached hydrogens (primary N) is 1. The van der Waals surface area contributed by atoms with Gasteiger partial charge in [0.15, 0.2) is 5.65 Å². The average Bonchev–Trinajstić information content (AvgIpc) is 3.08. The average molecular weight is 417 g/mol. The fourth-order valence-corrected chi connectivity index (χ4v) is 4.37. The number of anilines is 2. The summed E-state index contributed by atoms with van der Waals surface area (Å²) in [6, 6.07) is 17.1. The second kappa shape index (κ2) is 7.98. The summed E-state index contributed by atoms with van der Waals surface area (Å²) in [4.78, 5) is 11.7. The Morgan fingerprint density at radius 2 is 1.81 bits per heavy atom. The minimum Gasteiger partial charge on any atom is -0.383 e. The number of benzene rings is 2. The Morgan fingerprint density at radius 1 is 1.03 bits per heavy atom. The smallest absolute Gasteiger partial charge is 0.228 e. The van der Waals surface area contributed by atoms with Crippen LogP contribution in [0.4, 0.5) is 16.2 Å². The van der Waals surface area contributed by atoms with Gasteiger partial charge in [-0.1, -0.05) is 42.5 Å². The maximum Gasteiger partial charge on any atom is 0.228 e. The van der Waals surface area contributed by atoms with E-state index in [-0.39, 0.29) is 5.82 Å². The van der Waals surface area contributed by atoms with Crippen molar-refractivity contribution in [3.63, 3.8) is 0 Å². The van der Waals surface area contributed by atoms with Crippen LogP contribution in [0.2, 0.25) is 0 Å². The molecule has 0 bridgehead atoms. The first kappa shape index (κ1) is 19.5. The number of nitrogens with zero attached hydrogens (tertiary/aromatic N) is 5. The van der Waals surface area contributed by atoms with Gasteiger partial charge in [-0.25, -0.2) is 9.37 Å². The molecule has 0 aliphatic carbocycles. The second-order valence-electron chi connectivity index (χ2n) is 8.21. The van der Waals surface area contributed by atoms with Crippen molar-refractivity contribution in [1.29, 1.82) is 0 Å². The molecule has 2 aromatic heterocycles. The first-order valence-corrected chi connectivity index (χ1v) is 10.6. The monoisotopic (exact) mass is 416 g/mol. The quantitative estimate of drug-likeness (QED) is 0.540. The van der Waals surface area contributed by atoms with E-state index < -0.39 is 0 Å². The number of halogens is 1. The Hall–Kier alpha value is -3.48. The molecular formula is C24H25FN6. The van der Waals surface area contributed by atoms with Gasteiger partial charge in [-0.15, -0.1) is 0 Å². The number of aromatic nitrogens is 4. The fraction of sp³-hybridized carbons (Fsp3) is 0.292. The zero-order chi connectivity index (χ0) is 21.4. The van der Waals surface area contributed by atoms with Gasteiger partial charge < -0.3 is 10.6 Å². The van der Waals surface area contributed by atoms with Gasteiger partial charge in [0, 0.05) is 25.7 Å². The van der Waals surface area contributed by atoms with E-state index in [1.165, 1.54) is 17.7 Å². The van der Waals surface area contributed by atoms with E-state index in [1.807, 2.05) is 6.07 Å². The van der Waals surface area contributed by atoms with Crippen molar-refractivity contribution in [1.82, 2.24) is 19.7 Å². The fourth-order valence-electron chi connectivity index (χ4n) is 4.37. The zero-order valence-electron chi connectivity index (χ0n) is 17.5. The molecule has 1 aliphatic heterocycles. The third kappa shape index (κ3) is 3.83. The Bertz CT molecular complexity index is 1210. The third-order valence-corrected chi connectivity index (χ3v) is 6.09. The van der Waals surface area contributed by atoms with Crippen LogP contribution in [-0.4, -0.2) is 32.8 Å². The summed E-state index contributed by atoms with van der Waals surface area (Å²) in [6.45, 7) is 1.77. The van der Waals surface area contributed by atoms with Crippen LogP contribution in [0.1, 0.15) is 18.4 Å². The number of piperidine rings is 1. The number of rotatable bonds is 4. The molecule has 0 atom stereocenters. The molecule has 0 radical (unpaired) electrons. The van der Waals surface area contributed by atoms with Crippen LogP contribution in [0.25, 0.3) is 22.3 Å². The van der Waals surface area contributed by atoms with Crippen LogP contribution in [0.15, 0.2) is 54.6 Å². The number of aryl methyl sites for hydroxylation is 1. The standard InChI is InChI=1S/C24H25FN6/c1-30-22(26)20-21(18-8-5-9-19(25)15-18)27-24(28-23(20)29-30)31-12-10-17(11-13-31)14-16-6-3-2-4-7-16/h2-9,15,17H,10-14,26H2,1H3. The molecule has 7 heteroatoms. The van der Waals surface area contributed by atoms with E-state index in [1.54, 1.807) is 17.8 Å². The Balaban J connectivity index is 1.44. The molecular weight excluding hydrogens is 391 g/mol. The molecule has 0 unspecified atom stereocenters. The van der Waals surface area contributed by atoms with Crippen molar-refractivity contribution in [2.75, 3.05) is 23.7 Å². The number of hydrogen-bond donors (Lipinski definition) is 1. The van der Waals surface area contributed by atoms with Gasteiger partial charge in [0.1, 0.15) is 11.6 Å². The molecule has 6 nitrogen and oxygen atoms in total. The number of hydrogen-bond acceptors (Lipinski definition) is 5. The van der Waals surface area contributed by atoms with E-state index >= 15 is 0 Å². The number of nitrogen functional groups attached to an aromatic ring is 1. The molecule has 2 aromatic carbocycles. The van der Waals surface area contributed by atoms with Crippen LogP contribution >= 0.6 is 0 Å². The Kier molecular flexibility index (Phi) is 5.02. The van der Waals surface area contributed by atoms with Crippen LogP contribution in [0.5, 0.6) is 0 Å².